The molecule has 0 heterocycles. The van der Waals surface area contributed by atoms with Gasteiger partial charge >= 0.3 is 0 Å². The van der Waals surface area contributed by atoms with Crippen molar-refractivity contribution in [3.05, 3.63) is 0 Å². The summed E-state index contributed by atoms with van der Waals surface area (Å²) in [5, 5.41) is 3.20. The number of halogens is 1. The summed E-state index contributed by atoms with van der Waals surface area (Å²) in [6, 6.07) is 0. The van der Waals surface area contributed by atoms with Crippen LogP contribution in [0.2, 0.25) is 0 Å². The SMILES string of the molecule is CC1CCCC(CCl)(NC(=O)CC(C)(C)C)C1. The van der Waals surface area contributed by atoms with E-state index in [1.165, 1.54) is 12.8 Å². The summed E-state index contributed by atoms with van der Waals surface area (Å²) in [4.78, 5) is 12.0. The van der Waals surface area contributed by atoms with Crippen LogP contribution in [-0.2, 0) is 4.79 Å². The van der Waals surface area contributed by atoms with E-state index in [-0.39, 0.29) is 16.9 Å². The number of carbonyl (C=O) groups excluding carboxylic acids is 1. The van der Waals surface area contributed by atoms with Crippen LogP contribution in [0.15, 0.2) is 0 Å². The van der Waals surface area contributed by atoms with Crippen LogP contribution in [0.5, 0.6) is 0 Å². The third-order valence-electron chi connectivity index (χ3n) is 3.44. The Labute approximate surface area is 110 Å². The first-order valence-corrected chi connectivity index (χ1v) is 7.17. The van der Waals surface area contributed by atoms with E-state index < -0.39 is 0 Å². The molecule has 0 bridgehead atoms. The Morgan fingerprint density at radius 2 is 2.12 bits per heavy atom. The molecular weight excluding hydrogens is 234 g/mol. The first-order valence-electron chi connectivity index (χ1n) is 6.63. The number of alkyl halides is 1. The molecule has 0 aromatic carbocycles. The number of hydrogen-bond acceptors (Lipinski definition) is 1. The molecule has 0 aromatic rings. The molecule has 17 heavy (non-hydrogen) atoms. The molecule has 2 atom stereocenters. The van der Waals surface area contributed by atoms with Gasteiger partial charge in [0.25, 0.3) is 0 Å². The molecule has 1 aliphatic rings. The van der Waals surface area contributed by atoms with Crippen LogP contribution in [0.1, 0.15) is 59.8 Å². The summed E-state index contributed by atoms with van der Waals surface area (Å²) < 4.78 is 0. The highest BCUT2D eigenvalue weighted by molar-refractivity contribution is 6.18. The Morgan fingerprint density at radius 1 is 1.47 bits per heavy atom. The zero-order valence-electron chi connectivity index (χ0n) is 11.6. The van der Waals surface area contributed by atoms with Crippen LogP contribution in [0.25, 0.3) is 0 Å². The normalized spacial score (nSPS) is 30.1. The van der Waals surface area contributed by atoms with Crippen LogP contribution in [0, 0.1) is 11.3 Å². The van der Waals surface area contributed by atoms with Crippen molar-refractivity contribution in [3.8, 4) is 0 Å². The van der Waals surface area contributed by atoms with Crippen LogP contribution in [0.3, 0.4) is 0 Å². The largest absolute Gasteiger partial charge is 0.349 e. The van der Waals surface area contributed by atoms with Crippen molar-refractivity contribution in [2.45, 2.75) is 65.3 Å². The minimum atomic E-state index is -0.151. The van der Waals surface area contributed by atoms with Crippen molar-refractivity contribution >= 4 is 17.5 Å². The average molecular weight is 260 g/mol. The Morgan fingerprint density at radius 3 is 2.59 bits per heavy atom. The molecule has 1 N–H and O–H groups in total. The predicted octanol–water partition coefficient (Wildman–Crippen LogP) is 3.73. The summed E-state index contributed by atoms with van der Waals surface area (Å²) in [5.41, 5.74) is -0.112. The van der Waals surface area contributed by atoms with E-state index in [1.807, 2.05) is 0 Å². The lowest BCUT2D eigenvalue weighted by Crippen LogP contribution is -2.53. The molecule has 1 saturated carbocycles. The van der Waals surface area contributed by atoms with Crippen LogP contribution < -0.4 is 5.32 Å². The summed E-state index contributed by atoms with van der Waals surface area (Å²) >= 11 is 6.10. The van der Waals surface area contributed by atoms with Gasteiger partial charge in [0.2, 0.25) is 5.91 Å². The molecule has 1 fully saturated rings. The highest BCUT2D eigenvalue weighted by atomic mass is 35.5. The lowest BCUT2D eigenvalue weighted by Gasteiger charge is -2.40. The molecule has 1 aliphatic carbocycles. The van der Waals surface area contributed by atoms with Gasteiger partial charge in [-0.2, -0.15) is 0 Å². The number of amides is 1. The van der Waals surface area contributed by atoms with Crippen LogP contribution in [0.4, 0.5) is 0 Å². The van der Waals surface area contributed by atoms with Crippen molar-refractivity contribution in [3.63, 3.8) is 0 Å². The van der Waals surface area contributed by atoms with Crippen molar-refractivity contribution in [1.29, 1.82) is 0 Å². The fourth-order valence-electron chi connectivity index (χ4n) is 2.75. The molecule has 100 valence electrons. The van der Waals surface area contributed by atoms with Crippen molar-refractivity contribution in [1.82, 2.24) is 5.32 Å². The lowest BCUT2D eigenvalue weighted by atomic mass is 9.77. The smallest absolute Gasteiger partial charge is 0.220 e. The second kappa shape index (κ2) is 5.60. The van der Waals surface area contributed by atoms with Crippen molar-refractivity contribution < 1.29 is 4.79 Å². The number of nitrogens with one attached hydrogen (secondary N) is 1. The summed E-state index contributed by atoms with van der Waals surface area (Å²) in [6.07, 6.45) is 5.04. The van der Waals surface area contributed by atoms with Gasteiger partial charge in [0.05, 0.1) is 5.54 Å². The topological polar surface area (TPSA) is 29.1 Å². The van der Waals surface area contributed by atoms with Crippen LogP contribution in [-0.4, -0.2) is 17.3 Å². The Bertz CT molecular complexity index is 272. The zero-order chi connectivity index (χ0) is 13.1. The van der Waals surface area contributed by atoms with Gasteiger partial charge in [-0.3, -0.25) is 4.79 Å². The zero-order valence-corrected chi connectivity index (χ0v) is 12.4. The van der Waals surface area contributed by atoms with Gasteiger partial charge in [0, 0.05) is 12.3 Å². The molecule has 0 radical (unpaired) electrons. The minimum absolute atomic E-state index is 0.0396. The van der Waals surface area contributed by atoms with Gasteiger partial charge < -0.3 is 5.32 Å². The molecule has 2 nitrogen and oxygen atoms in total. The Kier molecular flexibility index (Phi) is 4.88. The van der Waals surface area contributed by atoms with Gasteiger partial charge in [-0.05, 0) is 24.2 Å². The first-order chi connectivity index (χ1) is 7.76. The third-order valence-corrected chi connectivity index (χ3v) is 3.95. The molecular formula is C14H26ClNO. The molecule has 1 rings (SSSR count). The van der Waals surface area contributed by atoms with E-state index in [0.717, 1.165) is 12.8 Å². The number of carbonyl (C=O) groups is 1. The molecule has 0 aromatic heterocycles. The average Bonchev–Trinajstić information content (AvgIpc) is 2.14. The number of rotatable bonds is 3. The first kappa shape index (κ1) is 14.8. The summed E-state index contributed by atoms with van der Waals surface area (Å²) in [5.74, 6) is 1.34. The maximum atomic E-state index is 12.0. The van der Waals surface area contributed by atoms with E-state index in [4.69, 9.17) is 11.6 Å². The van der Waals surface area contributed by atoms with E-state index in [1.54, 1.807) is 0 Å². The van der Waals surface area contributed by atoms with E-state index >= 15 is 0 Å². The highest BCUT2D eigenvalue weighted by Crippen LogP contribution is 2.33. The highest BCUT2D eigenvalue weighted by Gasteiger charge is 2.36. The van der Waals surface area contributed by atoms with Gasteiger partial charge in [-0.15, -0.1) is 11.6 Å². The Balaban J connectivity index is 2.59. The fraction of sp³-hybridized carbons (Fsp3) is 0.929. The van der Waals surface area contributed by atoms with E-state index in [0.29, 0.717) is 18.2 Å². The van der Waals surface area contributed by atoms with Gasteiger partial charge in [-0.25, -0.2) is 0 Å². The second-order valence-corrected chi connectivity index (χ2v) is 7.17. The quantitative estimate of drug-likeness (QED) is 0.769. The second-order valence-electron chi connectivity index (χ2n) is 6.90. The standard InChI is InChI=1S/C14H26ClNO/c1-11-6-5-7-14(8-11,10-15)16-12(17)9-13(2,3)4/h11H,5-10H2,1-4H3,(H,16,17). The van der Waals surface area contributed by atoms with Crippen molar-refractivity contribution in [2.24, 2.45) is 11.3 Å². The van der Waals surface area contributed by atoms with Gasteiger partial charge in [0.15, 0.2) is 0 Å². The number of hydrogen-bond donors (Lipinski definition) is 1. The predicted molar refractivity (Wildman–Crippen MR) is 73.3 cm³/mol. The van der Waals surface area contributed by atoms with Gasteiger partial charge in [-0.1, -0.05) is 40.5 Å². The van der Waals surface area contributed by atoms with Crippen molar-refractivity contribution in [2.75, 3.05) is 5.88 Å². The summed E-state index contributed by atoms with van der Waals surface area (Å²) in [7, 11) is 0. The molecule has 0 spiro atoms. The fourth-order valence-corrected chi connectivity index (χ4v) is 3.06. The molecule has 3 heteroatoms. The maximum absolute atomic E-state index is 12.0. The van der Waals surface area contributed by atoms with Crippen LogP contribution >= 0.6 is 11.6 Å². The summed E-state index contributed by atoms with van der Waals surface area (Å²) in [6.45, 7) is 8.51. The van der Waals surface area contributed by atoms with E-state index in [9.17, 15) is 4.79 Å². The molecule has 0 aliphatic heterocycles. The van der Waals surface area contributed by atoms with Gasteiger partial charge in [0.1, 0.15) is 0 Å². The molecule has 2 unspecified atom stereocenters. The third kappa shape index (κ3) is 4.87. The molecule has 0 saturated heterocycles. The monoisotopic (exact) mass is 259 g/mol. The Hall–Kier alpha value is -0.240. The lowest BCUT2D eigenvalue weighted by molar-refractivity contribution is -0.125. The minimum Gasteiger partial charge on any atom is -0.349 e. The maximum Gasteiger partial charge on any atom is 0.220 e. The van der Waals surface area contributed by atoms with E-state index in [2.05, 4.69) is 33.0 Å². The molecule has 1 amide bonds.